The highest BCUT2D eigenvalue weighted by Gasteiger charge is 2.56. The molecule has 2 fully saturated rings. The number of carbonyl (C=O) groups excluding carboxylic acids is 2. The fourth-order valence-corrected chi connectivity index (χ4v) is 2.43. The summed E-state index contributed by atoms with van der Waals surface area (Å²) in [5, 5.41) is 2.51. The lowest BCUT2D eigenvalue weighted by Gasteiger charge is -2.29. The molecule has 2 saturated heterocycles. The Balaban J connectivity index is 2.07. The van der Waals surface area contributed by atoms with Crippen molar-refractivity contribution in [3.8, 4) is 0 Å². The highest BCUT2D eigenvalue weighted by Crippen LogP contribution is 2.36. The predicted molar refractivity (Wildman–Crippen MR) is 62.8 cm³/mol. The first-order chi connectivity index (χ1) is 8.22. The van der Waals surface area contributed by atoms with Crippen molar-refractivity contribution in [2.75, 3.05) is 19.6 Å². The van der Waals surface area contributed by atoms with Gasteiger partial charge in [0, 0.05) is 19.0 Å². The van der Waals surface area contributed by atoms with Gasteiger partial charge >= 0.3 is 6.09 Å². The number of halogens is 1. The molecule has 2 aliphatic rings. The molecule has 2 rings (SSSR count). The highest BCUT2D eigenvalue weighted by atomic mass is 19.1. The topological polar surface area (TPSA) is 58.6 Å². The minimum absolute atomic E-state index is 0.210. The van der Waals surface area contributed by atoms with Crippen LogP contribution in [0, 0.1) is 5.92 Å². The number of amides is 2. The third-order valence-electron chi connectivity index (χ3n) is 3.32. The Labute approximate surface area is 106 Å². The van der Waals surface area contributed by atoms with Gasteiger partial charge in [0.1, 0.15) is 5.60 Å². The lowest BCUT2D eigenvalue weighted by Crippen LogP contribution is -2.54. The van der Waals surface area contributed by atoms with E-state index >= 15 is 0 Å². The van der Waals surface area contributed by atoms with E-state index in [-0.39, 0.29) is 13.1 Å². The first-order valence-electron chi connectivity index (χ1n) is 6.17. The summed E-state index contributed by atoms with van der Waals surface area (Å²) in [5.74, 6) is -1.02. The van der Waals surface area contributed by atoms with Gasteiger partial charge < -0.3 is 15.0 Å². The molecule has 0 aromatic heterocycles. The molecule has 2 heterocycles. The van der Waals surface area contributed by atoms with Crippen molar-refractivity contribution in [2.24, 2.45) is 5.92 Å². The first kappa shape index (κ1) is 13.1. The van der Waals surface area contributed by atoms with Crippen LogP contribution in [-0.4, -0.2) is 47.8 Å². The standard InChI is InChI=1S/C12H19FN2O3/c1-11(2,3)18-10(17)15-6-8-4-5-14-9(16)12(8,13)7-15/h8H,4-7H2,1-3H3,(H,14,16)/t8-,12+/m1/s1. The molecule has 0 bridgehead atoms. The van der Waals surface area contributed by atoms with Gasteiger partial charge in [-0.1, -0.05) is 0 Å². The summed E-state index contributed by atoms with van der Waals surface area (Å²) in [5.41, 5.74) is -2.56. The minimum atomic E-state index is -1.95. The molecule has 5 nitrogen and oxygen atoms in total. The van der Waals surface area contributed by atoms with Gasteiger partial charge in [-0.25, -0.2) is 9.18 Å². The second-order valence-electron chi connectivity index (χ2n) is 5.96. The van der Waals surface area contributed by atoms with E-state index in [1.807, 2.05) is 0 Å². The molecule has 2 atom stereocenters. The van der Waals surface area contributed by atoms with Gasteiger partial charge in [0.25, 0.3) is 5.91 Å². The molecule has 0 unspecified atom stereocenters. The average molecular weight is 258 g/mol. The third kappa shape index (κ3) is 2.28. The van der Waals surface area contributed by atoms with Gasteiger partial charge in [0.15, 0.2) is 0 Å². The summed E-state index contributed by atoms with van der Waals surface area (Å²) in [6.07, 6.45) is 0.00312. The van der Waals surface area contributed by atoms with Crippen LogP contribution in [0.1, 0.15) is 27.2 Å². The van der Waals surface area contributed by atoms with Crippen LogP contribution in [0.4, 0.5) is 9.18 Å². The van der Waals surface area contributed by atoms with E-state index in [9.17, 15) is 14.0 Å². The second kappa shape index (κ2) is 4.10. The molecule has 18 heavy (non-hydrogen) atoms. The second-order valence-corrected chi connectivity index (χ2v) is 5.96. The van der Waals surface area contributed by atoms with Crippen LogP contribution in [0.3, 0.4) is 0 Å². The lowest BCUT2D eigenvalue weighted by atomic mass is 9.86. The van der Waals surface area contributed by atoms with Gasteiger partial charge in [-0.15, -0.1) is 0 Å². The first-order valence-corrected chi connectivity index (χ1v) is 6.17. The summed E-state index contributed by atoms with van der Waals surface area (Å²) < 4.78 is 19.7. The lowest BCUT2D eigenvalue weighted by molar-refractivity contribution is -0.137. The number of nitrogens with zero attached hydrogens (tertiary/aromatic N) is 1. The number of ether oxygens (including phenoxy) is 1. The summed E-state index contributed by atoms with van der Waals surface area (Å²) in [6, 6.07) is 0. The van der Waals surface area contributed by atoms with Crippen molar-refractivity contribution in [3.05, 3.63) is 0 Å². The third-order valence-corrected chi connectivity index (χ3v) is 3.32. The number of fused-ring (bicyclic) bond motifs is 1. The average Bonchev–Trinajstić information content (AvgIpc) is 2.56. The Morgan fingerprint density at radius 2 is 2.22 bits per heavy atom. The number of likely N-dealkylation sites (tertiary alicyclic amines) is 1. The molecule has 0 aromatic rings. The van der Waals surface area contributed by atoms with Crippen LogP contribution in [0.2, 0.25) is 0 Å². The van der Waals surface area contributed by atoms with Crippen LogP contribution < -0.4 is 5.32 Å². The van der Waals surface area contributed by atoms with Crippen molar-refractivity contribution in [3.63, 3.8) is 0 Å². The van der Waals surface area contributed by atoms with Crippen molar-refractivity contribution in [1.82, 2.24) is 10.2 Å². The largest absolute Gasteiger partial charge is 0.444 e. The Bertz CT molecular complexity index is 380. The summed E-state index contributed by atoms with van der Waals surface area (Å²) in [4.78, 5) is 24.7. The van der Waals surface area contributed by atoms with Crippen LogP contribution in [-0.2, 0) is 9.53 Å². The molecule has 2 aliphatic heterocycles. The smallest absolute Gasteiger partial charge is 0.410 e. The zero-order chi connectivity index (χ0) is 13.6. The van der Waals surface area contributed by atoms with Gasteiger partial charge in [0.2, 0.25) is 5.67 Å². The van der Waals surface area contributed by atoms with Gasteiger partial charge in [0.05, 0.1) is 6.54 Å². The molecular weight excluding hydrogens is 239 g/mol. The maximum Gasteiger partial charge on any atom is 0.410 e. The maximum absolute atomic E-state index is 14.5. The maximum atomic E-state index is 14.5. The van der Waals surface area contributed by atoms with E-state index in [1.165, 1.54) is 4.90 Å². The summed E-state index contributed by atoms with van der Waals surface area (Å²) in [6.45, 7) is 5.78. The van der Waals surface area contributed by atoms with Gasteiger partial charge in [-0.2, -0.15) is 0 Å². The van der Waals surface area contributed by atoms with Crippen molar-refractivity contribution in [1.29, 1.82) is 0 Å². The van der Waals surface area contributed by atoms with E-state index in [0.29, 0.717) is 13.0 Å². The number of rotatable bonds is 0. The molecule has 0 spiro atoms. The summed E-state index contributed by atoms with van der Waals surface area (Å²) in [7, 11) is 0. The quantitative estimate of drug-likeness (QED) is 0.707. The van der Waals surface area contributed by atoms with Crippen molar-refractivity contribution in [2.45, 2.75) is 38.5 Å². The van der Waals surface area contributed by atoms with Gasteiger partial charge in [-0.3, -0.25) is 4.79 Å². The van der Waals surface area contributed by atoms with Crippen LogP contribution in [0.5, 0.6) is 0 Å². The zero-order valence-electron chi connectivity index (χ0n) is 11.0. The van der Waals surface area contributed by atoms with E-state index in [4.69, 9.17) is 4.74 Å². The molecule has 0 aliphatic carbocycles. The van der Waals surface area contributed by atoms with E-state index < -0.39 is 29.2 Å². The molecule has 102 valence electrons. The monoisotopic (exact) mass is 258 g/mol. The zero-order valence-corrected chi connectivity index (χ0v) is 11.0. The van der Waals surface area contributed by atoms with Crippen LogP contribution in [0.15, 0.2) is 0 Å². The number of piperidine rings is 1. The molecule has 0 radical (unpaired) electrons. The van der Waals surface area contributed by atoms with Crippen LogP contribution in [0.25, 0.3) is 0 Å². The Morgan fingerprint density at radius 3 is 2.78 bits per heavy atom. The normalized spacial score (nSPS) is 31.9. The molecule has 0 saturated carbocycles. The number of hydrogen-bond donors (Lipinski definition) is 1. The predicted octanol–water partition coefficient (Wildman–Crippen LogP) is 1.08. The Kier molecular flexibility index (Phi) is 2.99. The number of alkyl halides is 1. The number of hydrogen-bond acceptors (Lipinski definition) is 3. The molecule has 6 heteroatoms. The van der Waals surface area contributed by atoms with Crippen molar-refractivity contribution >= 4 is 12.0 Å². The molecule has 0 aromatic carbocycles. The Morgan fingerprint density at radius 1 is 1.56 bits per heavy atom. The fraction of sp³-hybridized carbons (Fsp3) is 0.833. The minimum Gasteiger partial charge on any atom is -0.444 e. The fourth-order valence-electron chi connectivity index (χ4n) is 2.43. The Hall–Kier alpha value is -1.33. The molecular formula is C12H19FN2O3. The SMILES string of the molecule is CC(C)(C)OC(=O)N1C[C@H]2CCNC(=O)[C@]2(F)C1. The molecule has 1 N–H and O–H groups in total. The number of carbonyl (C=O) groups is 2. The highest BCUT2D eigenvalue weighted by molar-refractivity contribution is 5.88. The number of nitrogens with one attached hydrogen (secondary N) is 1. The van der Waals surface area contributed by atoms with E-state index in [1.54, 1.807) is 20.8 Å². The van der Waals surface area contributed by atoms with Gasteiger partial charge in [-0.05, 0) is 27.2 Å². The van der Waals surface area contributed by atoms with E-state index in [0.717, 1.165) is 0 Å². The van der Waals surface area contributed by atoms with Crippen LogP contribution >= 0.6 is 0 Å². The summed E-state index contributed by atoms with van der Waals surface area (Å²) >= 11 is 0. The molecule has 2 amide bonds. The van der Waals surface area contributed by atoms with Crippen molar-refractivity contribution < 1.29 is 18.7 Å². The van der Waals surface area contributed by atoms with E-state index in [2.05, 4.69) is 5.32 Å².